The van der Waals surface area contributed by atoms with Crippen molar-refractivity contribution in [2.75, 3.05) is 20.2 Å². The fourth-order valence-corrected chi connectivity index (χ4v) is 4.13. The van der Waals surface area contributed by atoms with Gasteiger partial charge in [-0.3, -0.25) is 34.2 Å². The zero-order valence-electron chi connectivity index (χ0n) is 16.6. The summed E-state index contributed by atoms with van der Waals surface area (Å²) in [6.45, 7) is 0.132. The minimum absolute atomic E-state index is 0.0166. The Morgan fingerprint density at radius 3 is 2.67 bits per heavy atom. The molecule has 1 fully saturated rings. The number of nitrogens with one attached hydrogen (secondary N) is 1. The highest BCUT2D eigenvalue weighted by atomic mass is 16.6. The van der Waals surface area contributed by atoms with Crippen LogP contribution in [0.15, 0.2) is 18.2 Å². The Balaban J connectivity index is 1.57. The molecule has 0 saturated heterocycles. The standard InChI is InChI=1S/C20H23N3O7/c1-30-20(27)13-6-3-2-5-12(13)11-21-16(24)9-10-22-18(25)14-7-4-8-15(23(28)29)17(14)19(22)26/h4,7-8,12-13H,2-3,5-6,9-11H2,1H3,(H,21,24). The Morgan fingerprint density at radius 1 is 1.23 bits per heavy atom. The first-order valence-electron chi connectivity index (χ1n) is 9.83. The van der Waals surface area contributed by atoms with Crippen molar-refractivity contribution in [1.29, 1.82) is 0 Å². The average Bonchev–Trinajstić information content (AvgIpc) is 3.00. The molecule has 2 unspecified atom stereocenters. The lowest BCUT2D eigenvalue weighted by Crippen LogP contribution is -2.39. The van der Waals surface area contributed by atoms with E-state index in [0.29, 0.717) is 6.54 Å². The maximum atomic E-state index is 12.5. The second-order valence-corrected chi connectivity index (χ2v) is 7.45. The third-order valence-corrected chi connectivity index (χ3v) is 5.71. The van der Waals surface area contributed by atoms with E-state index in [2.05, 4.69) is 5.32 Å². The van der Waals surface area contributed by atoms with Gasteiger partial charge in [0.2, 0.25) is 5.91 Å². The molecule has 1 aliphatic carbocycles. The molecule has 1 aromatic rings. The summed E-state index contributed by atoms with van der Waals surface area (Å²) >= 11 is 0. The fourth-order valence-electron chi connectivity index (χ4n) is 4.13. The molecule has 0 bridgehead atoms. The van der Waals surface area contributed by atoms with Crippen LogP contribution < -0.4 is 5.32 Å². The number of methoxy groups -OCH3 is 1. The van der Waals surface area contributed by atoms with Crippen LogP contribution in [0.25, 0.3) is 0 Å². The maximum absolute atomic E-state index is 12.5. The quantitative estimate of drug-likeness (QED) is 0.308. The van der Waals surface area contributed by atoms with Crippen molar-refractivity contribution in [3.8, 4) is 0 Å². The molecule has 1 aromatic carbocycles. The first-order valence-corrected chi connectivity index (χ1v) is 9.83. The number of hydrogen-bond donors (Lipinski definition) is 1. The van der Waals surface area contributed by atoms with Gasteiger partial charge in [0.1, 0.15) is 5.56 Å². The zero-order valence-corrected chi connectivity index (χ0v) is 16.6. The predicted molar refractivity (Wildman–Crippen MR) is 104 cm³/mol. The molecule has 0 aromatic heterocycles. The van der Waals surface area contributed by atoms with Gasteiger partial charge in [-0.15, -0.1) is 0 Å². The van der Waals surface area contributed by atoms with Gasteiger partial charge < -0.3 is 10.1 Å². The van der Waals surface area contributed by atoms with Gasteiger partial charge in [0.15, 0.2) is 0 Å². The van der Waals surface area contributed by atoms with Crippen molar-refractivity contribution >= 4 is 29.4 Å². The Hall–Kier alpha value is -3.30. The number of esters is 1. The summed E-state index contributed by atoms with van der Waals surface area (Å²) in [5.41, 5.74) is -0.697. The van der Waals surface area contributed by atoms with Crippen molar-refractivity contribution < 1.29 is 28.8 Å². The van der Waals surface area contributed by atoms with Gasteiger partial charge in [-0.25, -0.2) is 0 Å². The molecule has 10 heteroatoms. The van der Waals surface area contributed by atoms with Crippen molar-refractivity contribution in [2.45, 2.75) is 32.1 Å². The molecule has 0 spiro atoms. The number of fused-ring (bicyclic) bond motifs is 1. The predicted octanol–water partition coefficient (Wildman–Crippen LogP) is 1.68. The average molecular weight is 417 g/mol. The number of imide groups is 1. The summed E-state index contributed by atoms with van der Waals surface area (Å²) in [7, 11) is 1.35. The monoisotopic (exact) mass is 417 g/mol. The molecule has 10 nitrogen and oxygen atoms in total. The zero-order chi connectivity index (χ0) is 21.8. The third-order valence-electron chi connectivity index (χ3n) is 5.71. The van der Waals surface area contributed by atoms with Crippen molar-refractivity contribution in [2.24, 2.45) is 11.8 Å². The van der Waals surface area contributed by atoms with Crippen molar-refractivity contribution in [1.82, 2.24) is 10.2 Å². The van der Waals surface area contributed by atoms with Gasteiger partial charge in [-0.1, -0.05) is 18.9 Å². The van der Waals surface area contributed by atoms with E-state index in [9.17, 15) is 29.3 Å². The number of nitro groups is 1. The van der Waals surface area contributed by atoms with Crippen LogP contribution in [0.3, 0.4) is 0 Å². The Bertz CT molecular complexity index is 898. The Labute approximate surface area is 172 Å². The number of carbonyl (C=O) groups is 4. The van der Waals surface area contributed by atoms with Crippen LogP contribution in [0.2, 0.25) is 0 Å². The second kappa shape index (κ2) is 9.02. The molecule has 1 saturated carbocycles. The van der Waals surface area contributed by atoms with E-state index < -0.39 is 22.4 Å². The molecule has 0 radical (unpaired) electrons. The molecule has 3 rings (SSSR count). The first-order chi connectivity index (χ1) is 14.3. The van der Waals surface area contributed by atoms with Crippen LogP contribution in [-0.2, 0) is 14.3 Å². The minimum atomic E-state index is -0.770. The van der Waals surface area contributed by atoms with Crippen molar-refractivity contribution in [3.05, 3.63) is 39.4 Å². The lowest BCUT2D eigenvalue weighted by atomic mass is 9.79. The smallest absolute Gasteiger partial charge is 0.309 e. The second-order valence-electron chi connectivity index (χ2n) is 7.45. The molecule has 30 heavy (non-hydrogen) atoms. The van der Waals surface area contributed by atoms with E-state index >= 15 is 0 Å². The molecular formula is C20H23N3O7. The molecule has 2 atom stereocenters. The largest absolute Gasteiger partial charge is 0.469 e. The Kier molecular flexibility index (Phi) is 6.43. The van der Waals surface area contributed by atoms with Gasteiger partial charge in [0, 0.05) is 25.6 Å². The third kappa shape index (κ3) is 4.17. The number of amides is 3. The van der Waals surface area contributed by atoms with Crippen LogP contribution in [0.1, 0.15) is 52.8 Å². The summed E-state index contributed by atoms with van der Waals surface area (Å²) in [6, 6.07) is 3.88. The maximum Gasteiger partial charge on any atom is 0.309 e. The summed E-state index contributed by atoms with van der Waals surface area (Å²) in [5.74, 6) is -2.33. The molecular weight excluding hydrogens is 394 g/mol. The van der Waals surface area contributed by atoms with Crippen LogP contribution in [0.5, 0.6) is 0 Å². The van der Waals surface area contributed by atoms with Crippen LogP contribution >= 0.6 is 0 Å². The summed E-state index contributed by atoms with van der Waals surface area (Å²) < 4.78 is 4.84. The highest BCUT2D eigenvalue weighted by molar-refractivity contribution is 6.23. The lowest BCUT2D eigenvalue weighted by molar-refractivity contribution is -0.385. The van der Waals surface area contributed by atoms with E-state index in [1.807, 2.05) is 0 Å². The number of ether oxygens (including phenoxy) is 1. The van der Waals surface area contributed by atoms with Gasteiger partial charge in [-0.2, -0.15) is 0 Å². The topological polar surface area (TPSA) is 136 Å². The molecule has 160 valence electrons. The molecule has 2 aliphatic rings. The minimum Gasteiger partial charge on any atom is -0.469 e. The molecule has 1 aliphatic heterocycles. The van der Waals surface area contributed by atoms with Gasteiger partial charge in [0.05, 0.1) is 23.5 Å². The van der Waals surface area contributed by atoms with Crippen LogP contribution in [0, 0.1) is 22.0 Å². The molecule has 1 heterocycles. The van der Waals surface area contributed by atoms with E-state index in [-0.39, 0.29) is 47.8 Å². The van der Waals surface area contributed by atoms with E-state index in [1.165, 1.54) is 25.3 Å². The van der Waals surface area contributed by atoms with Gasteiger partial charge in [0.25, 0.3) is 17.5 Å². The van der Waals surface area contributed by atoms with E-state index in [4.69, 9.17) is 4.74 Å². The number of nitrogens with zero attached hydrogens (tertiary/aromatic N) is 2. The molecule has 1 N–H and O–H groups in total. The number of carbonyl (C=O) groups excluding carboxylic acids is 4. The van der Waals surface area contributed by atoms with Gasteiger partial charge >= 0.3 is 5.97 Å². The fraction of sp³-hybridized carbons (Fsp3) is 0.500. The first kappa shape index (κ1) is 21.4. The van der Waals surface area contributed by atoms with Crippen LogP contribution in [-0.4, -0.2) is 53.7 Å². The summed E-state index contributed by atoms with van der Waals surface area (Å²) in [6.07, 6.45) is 3.32. The highest BCUT2D eigenvalue weighted by Gasteiger charge is 2.40. The van der Waals surface area contributed by atoms with Gasteiger partial charge in [-0.05, 0) is 24.8 Å². The Morgan fingerprint density at radius 2 is 1.97 bits per heavy atom. The normalized spacial score (nSPS) is 20.6. The van der Waals surface area contributed by atoms with E-state index in [0.717, 1.165) is 30.6 Å². The number of benzene rings is 1. The molecule has 3 amide bonds. The number of rotatable bonds is 7. The number of nitro benzene ring substituents is 1. The lowest BCUT2D eigenvalue weighted by Gasteiger charge is -2.29. The number of hydrogen-bond acceptors (Lipinski definition) is 7. The van der Waals surface area contributed by atoms with Crippen LogP contribution in [0.4, 0.5) is 5.69 Å². The summed E-state index contributed by atoms with van der Waals surface area (Å²) in [5, 5.41) is 13.9. The van der Waals surface area contributed by atoms with Crippen molar-refractivity contribution in [3.63, 3.8) is 0 Å². The highest BCUT2D eigenvalue weighted by Crippen LogP contribution is 2.31. The van der Waals surface area contributed by atoms with E-state index in [1.54, 1.807) is 0 Å². The SMILES string of the molecule is COC(=O)C1CCCCC1CNC(=O)CCN1C(=O)c2cccc([N+](=O)[O-])c2C1=O. The summed E-state index contributed by atoms with van der Waals surface area (Å²) in [4.78, 5) is 60.4.